The number of rotatable bonds is 5. The van der Waals surface area contributed by atoms with E-state index in [9.17, 15) is 9.90 Å². The van der Waals surface area contributed by atoms with Crippen LogP contribution in [0.25, 0.3) is 22.8 Å². The lowest BCUT2D eigenvalue weighted by Gasteiger charge is -2.25. The summed E-state index contributed by atoms with van der Waals surface area (Å²) in [6.45, 7) is 4.77. The van der Waals surface area contributed by atoms with Crippen molar-refractivity contribution >= 4 is 17.5 Å². The molecule has 172 valence electrons. The molecule has 0 saturated carbocycles. The van der Waals surface area contributed by atoms with Crippen molar-refractivity contribution in [2.75, 3.05) is 19.7 Å². The Labute approximate surface area is 197 Å². The van der Waals surface area contributed by atoms with Crippen LogP contribution in [0.3, 0.4) is 0 Å². The van der Waals surface area contributed by atoms with Crippen LogP contribution < -0.4 is 4.74 Å². The molecule has 1 aromatic heterocycles. The number of aliphatic hydroxyl groups excluding tert-OH is 1. The highest BCUT2D eigenvalue weighted by atomic mass is 35.5. The third-order valence-electron chi connectivity index (χ3n) is 6.65. The van der Waals surface area contributed by atoms with Gasteiger partial charge in [0.1, 0.15) is 12.4 Å². The highest BCUT2D eigenvalue weighted by Gasteiger charge is 2.46. The normalized spacial score (nSPS) is 19.5. The molecule has 1 amide bonds. The second-order valence-electron chi connectivity index (χ2n) is 9.07. The fraction of sp³-hybridized carbons (Fsp3) is 0.400. The van der Waals surface area contributed by atoms with Crippen LogP contribution in [0.2, 0.25) is 5.02 Å². The van der Waals surface area contributed by atoms with E-state index in [0.29, 0.717) is 35.6 Å². The maximum Gasteiger partial charge on any atom is 0.258 e. The molecule has 0 radical (unpaired) electrons. The second kappa shape index (κ2) is 8.47. The molecule has 1 spiro atoms. The van der Waals surface area contributed by atoms with E-state index in [1.165, 1.54) is 11.1 Å². The molecule has 2 aromatic carbocycles. The molecule has 0 bridgehead atoms. The van der Waals surface area contributed by atoms with Gasteiger partial charge in [-0.05, 0) is 62.4 Å². The summed E-state index contributed by atoms with van der Waals surface area (Å²) in [6, 6.07) is 11.6. The van der Waals surface area contributed by atoms with Crippen molar-refractivity contribution in [2.24, 2.45) is 0 Å². The SMILES string of the molecule is CC(C)Oc1ccc(-c2nc(-c3cccc4c3CCC43CCN(C(=O)CO)C3)no2)cc1Cl. The van der Waals surface area contributed by atoms with Crippen LogP contribution in [0.15, 0.2) is 40.9 Å². The molecule has 1 N–H and O–H groups in total. The predicted molar refractivity (Wildman–Crippen MR) is 124 cm³/mol. The molecule has 2 heterocycles. The summed E-state index contributed by atoms with van der Waals surface area (Å²) < 4.78 is 11.3. The molecule has 33 heavy (non-hydrogen) atoms. The molecule has 5 rings (SSSR count). The molecule has 3 aromatic rings. The Bertz CT molecular complexity index is 1210. The largest absolute Gasteiger partial charge is 0.489 e. The van der Waals surface area contributed by atoms with Gasteiger partial charge in [0, 0.05) is 29.6 Å². The van der Waals surface area contributed by atoms with E-state index in [2.05, 4.69) is 16.2 Å². The van der Waals surface area contributed by atoms with Crippen molar-refractivity contribution in [1.29, 1.82) is 0 Å². The maximum absolute atomic E-state index is 12.0. The van der Waals surface area contributed by atoms with Crippen molar-refractivity contribution in [2.45, 2.75) is 44.6 Å². The summed E-state index contributed by atoms with van der Waals surface area (Å²) in [5.74, 6) is 1.35. The number of hydrogen-bond acceptors (Lipinski definition) is 6. The van der Waals surface area contributed by atoms with Crippen LogP contribution >= 0.6 is 11.6 Å². The van der Waals surface area contributed by atoms with E-state index in [0.717, 1.165) is 30.4 Å². The number of nitrogens with zero attached hydrogens (tertiary/aromatic N) is 3. The number of benzene rings is 2. The summed E-state index contributed by atoms with van der Waals surface area (Å²) in [5.41, 5.74) is 4.08. The molecule has 1 saturated heterocycles. The van der Waals surface area contributed by atoms with Gasteiger partial charge in [-0.1, -0.05) is 35.0 Å². The minimum absolute atomic E-state index is 0.0283. The van der Waals surface area contributed by atoms with Gasteiger partial charge in [-0.25, -0.2) is 0 Å². The van der Waals surface area contributed by atoms with Crippen LogP contribution in [0.5, 0.6) is 5.75 Å². The number of hydrogen-bond donors (Lipinski definition) is 1. The van der Waals surface area contributed by atoms with Gasteiger partial charge in [-0.2, -0.15) is 4.98 Å². The number of ether oxygens (including phenoxy) is 1. The lowest BCUT2D eigenvalue weighted by molar-refractivity contribution is -0.133. The molecule has 8 heteroatoms. The van der Waals surface area contributed by atoms with E-state index in [1.54, 1.807) is 11.0 Å². The number of halogens is 1. The summed E-state index contributed by atoms with van der Waals surface area (Å²) in [7, 11) is 0. The fourth-order valence-corrected chi connectivity index (χ4v) is 5.33. The lowest BCUT2D eigenvalue weighted by atomic mass is 9.81. The van der Waals surface area contributed by atoms with Crippen LogP contribution in [0, 0.1) is 0 Å². The average Bonchev–Trinajstić information content (AvgIpc) is 3.54. The number of likely N-dealkylation sites (tertiary alicyclic amines) is 1. The third kappa shape index (κ3) is 3.89. The van der Waals surface area contributed by atoms with Gasteiger partial charge < -0.3 is 19.3 Å². The van der Waals surface area contributed by atoms with Gasteiger partial charge in [0.15, 0.2) is 0 Å². The first kappa shape index (κ1) is 21.9. The number of amides is 1. The minimum atomic E-state index is -0.441. The van der Waals surface area contributed by atoms with Crippen molar-refractivity contribution in [1.82, 2.24) is 15.0 Å². The molecule has 1 aliphatic carbocycles. The standard InChI is InChI=1S/C25H26ClN3O4/c1-15(2)32-21-7-6-16(12-20(21)26)24-27-23(28-33-24)18-4-3-5-19-17(18)8-9-25(19)10-11-29(14-25)22(31)13-30/h3-7,12,15,30H,8-11,13-14H2,1-2H3. The molecular weight excluding hydrogens is 442 g/mol. The van der Waals surface area contributed by atoms with E-state index in [-0.39, 0.29) is 17.4 Å². The number of carbonyl (C=O) groups excluding carboxylic acids is 1. The van der Waals surface area contributed by atoms with Crippen LogP contribution in [0.4, 0.5) is 0 Å². The molecule has 1 aliphatic heterocycles. The minimum Gasteiger partial charge on any atom is -0.489 e. The van der Waals surface area contributed by atoms with E-state index >= 15 is 0 Å². The third-order valence-corrected chi connectivity index (χ3v) is 6.95. The fourth-order valence-electron chi connectivity index (χ4n) is 5.10. The highest BCUT2D eigenvalue weighted by molar-refractivity contribution is 6.32. The highest BCUT2D eigenvalue weighted by Crippen LogP contribution is 2.48. The quantitative estimate of drug-likeness (QED) is 0.603. The Morgan fingerprint density at radius 3 is 2.91 bits per heavy atom. The first-order valence-corrected chi connectivity index (χ1v) is 11.6. The van der Waals surface area contributed by atoms with Gasteiger partial charge in [0.2, 0.25) is 11.7 Å². The Morgan fingerprint density at radius 2 is 2.15 bits per heavy atom. The predicted octanol–water partition coefficient (Wildman–Crippen LogP) is 4.25. The number of fused-ring (bicyclic) bond motifs is 2. The van der Waals surface area contributed by atoms with Crippen molar-refractivity contribution in [3.63, 3.8) is 0 Å². The smallest absolute Gasteiger partial charge is 0.258 e. The van der Waals surface area contributed by atoms with Gasteiger partial charge in [0.05, 0.1) is 11.1 Å². The monoisotopic (exact) mass is 467 g/mol. The first-order chi connectivity index (χ1) is 15.9. The number of aromatic nitrogens is 2. The Morgan fingerprint density at radius 1 is 1.30 bits per heavy atom. The van der Waals surface area contributed by atoms with Crippen LogP contribution in [-0.4, -0.2) is 51.9 Å². The summed E-state index contributed by atoms with van der Waals surface area (Å²) in [6.07, 6.45) is 2.78. The molecule has 1 unspecified atom stereocenters. The van der Waals surface area contributed by atoms with Crippen molar-refractivity contribution in [3.05, 3.63) is 52.5 Å². The average molecular weight is 468 g/mol. The zero-order valence-corrected chi connectivity index (χ0v) is 19.4. The number of carbonyl (C=O) groups is 1. The van der Waals surface area contributed by atoms with Gasteiger partial charge in [0.25, 0.3) is 5.89 Å². The topological polar surface area (TPSA) is 88.7 Å². The maximum atomic E-state index is 12.0. The van der Waals surface area contributed by atoms with Crippen LogP contribution in [-0.2, 0) is 16.6 Å². The molecule has 1 atom stereocenters. The summed E-state index contributed by atoms with van der Waals surface area (Å²) in [4.78, 5) is 18.4. The molecule has 7 nitrogen and oxygen atoms in total. The molecule has 2 aliphatic rings. The second-order valence-corrected chi connectivity index (χ2v) is 9.48. The summed E-state index contributed by atoms with van der Waals surface area (Å²) in [5, 5.41) is 14.0. The van der Waals surface area contributed by atoms with Crippen molar-refractivity contribution < 1.29 is 19.2 Å². The van der Waals surface area contributed by atoms with Crippen LogP contribution in [0.1, 0.15) is 37.8 Å². The summed E-state index contributed by atoms with van der Waals surface area (Å²) >= 11 is 6.38. The van der Waals surface area contributed by atoms with E-state index in [4.69, 9.17) is 20.9 Å². The van der Waals surface area contributed by atoms with E-state index in [1.807, 2.05) is 38.1 Å². The van der Waals surface area contributed by atoms with Gasteiger partial charge in [-0.3, -0.25) is 4.79 Å². The van der Waals surface area contributed by atoms with E-state index < -0.39 is 6.61 Å². The Balaban J connectivity index is 1.44. The number of aliphatic hydroxyl groups is 1. The van der Waals surface area contributed by atoms with Gasteiger partial charge in [-0.15, -0.1) is 0 Å². The zero-order chi connectivity index (χ0) is 23.2. The first-order valence-electron chi connectivity index (χ1n) is 11.2. The van der Waals surface area contributed by atoms with Gasteiger partial charge >= 0.3 is 0 Å². The Hall–Kier alpha value is -2.90. The lowest BCUT2D eigenvalue weighted by Crippen LogP contribution is -2.34. The molecule has 1 fully saturated rings. The zero-order valence-electron chi connectivity index (χ0n) is 18.7. The Kier molecular flexibility index (Phi) is 5.62. The van der Waals surface area contributed by atoms with Crippen molar-refractivity contribution in [3.8, 4) is 28.6 Å². The molecular formula is C25H26ClN3O4.